The van der Waals surface area contributed by atoms with E-state index < -0.39 is 0 Å². The second-order valence-corrected chi connectivity index (χ2v) is 8.97. The molecule has 33 heavy (non-hydrogen) atoms. The van der Waals surface area contributed by atoms with E-state index in [0.717, 1.165) is 44.2 Å². The highest BCUT2D eigenvalue weighted by Crippen LogP contribution is 2.27. The molecule has 0 saturated heterocycles. The van der Waals surface area contributed by atoms with Crippen LogP contribution >= 0.6 is 35.2 Å². The molecule has 7 nitrogen and oxygen atoms in total. The number of aryl methyl sites for hydroxylation is 1. The van der Waals surface area contributed by atoms with Gasteiger partial charge in [-0.15, -0.1) is 10.2 Å². The maximum atomic E-state index is 12.8. The minimum Gasteiger partial charge on any atom is -0.332 e. The normalized spacial score (nSPS) is 11.1. The molecule has 0 unspecified atom stereocenters. The Morgan fingerprint density at radius 2 is 1.82 bits per heavy atom. The van der Waals surface area contributed by atoms with Gasteiger partial charge < -0.3 is 5.32 Å². The Hall–Kier alpha value is -3.40. The van der Waals surface area contributed by atoms with E-state index in [2.05, 4.69) is 25.9 Å². The third-order valence-electron chi connectivity index (χ3n) is 5.10. The summed E-state index contributed by atoms with van der Waals surface area (Å²) in [5.41, 5.74) is 2.21. The molecule has 2 heterocycles. The van der Waals surface area contributed by atoms with E-state index in [1.165, 1.54) is 11.3 Å². The lowest BCUT2D eigenvalue weighted by Gasteiger charge is -2.11. The second-order valence-electron chi connectivity index (χ2n) is 7.20. The lowest BCUT2D eigenvalue weighted by molar-refractivity contribution is 0.0979. The van der Waals surface area contributed by atoms with Crippen LogP contribution in [0.25, 0.3) is 26.3 Å². The van der Waals surface area contributed by atoms with Gasteiger partial charge in [0.2, 0.25) is 4.96 Å². The first-order valence-corrected chi connectivity index (χ1v) is 11.7. The van der Waals surface area contributed by atoms with E-state index in [1.54, 1.807) is 22.7 Å². The molecule has 2 aromatic heterocycles. The van der Waals surface area contributed by atoms with Crippen molar-refractivity contribution in [3.8, 4) is 10.6 Å². The summed E-state index contributed by atoms with van der Waals surface area (Å²) in [5, 5.41) is 21.9. The Balaban J connectivity index is 1.29. The molecule has 1 amide bonds. The summed E-state index contributed by atoms with van der Waals surface area (Å²) in [6.45, 7) is 2.02. The average Bonchev–Trinajstić information content (AvgIpc) is 3.40. The zero-order chi connectivity index (χ0) is 22.9. The molecule has 0 aliphatic carbocycles. The quantitative estimate of drug-likeness (QED) is 0.329. The van der Waals surface area contributed by atoms with Crippen LogP contribution in [0.2, 0.25) is 5.02 Å². The van der Waals surface area contributed by atoms with E-state index >= 15 is 0 Å². The molecule has 10 heteroatoms. The zero-order valence-electron chi connectivity index (χ0n) is 17.4. The number of nitrogens with zero attached hydrogens (tertiary/aromatic N) is 4. The van der Waals surface area contributed by atoms with Crippen LogP contribution in [0.1, 0.15) is 23.1 Å². The first-order valence-electron chi connectivity index (χ1n) is 10.1. The molecule has 5 aromatic rings. The van der Waals surface area contributed by atoms with E-state index in [1.807, 2.05) is 49.4 Å². The Morgan fingerprint density at radius 1 is 1.06 bits per heavy atom. The van der Waals surface area contributed by atoms with Crippen LogP contribution in [-0.2, 0) is 6.42 Å². The standard InChI is InChI=1S/C23H17ClN6OS2/c1-2-19-27-28-23-30(19)29-21(33-23)13-9-11-14(12-10-13)25-22(32)26-20(31)17-7-3-6-16-15(17)5-4-8-18(16)24/h3-12H,2H2,1H3,(H2,25,26,31,32). The van der Waals surface area contributed by atoms with Crippen molar-refractivity contribution in [2.24, 2.45) is 0 Å². The predicted molar refractivity (Wildman–Crippen MR) is 136 cm³/mol. The van der Waals surface area contributed by atoms with Crippen molar-refractivity contribution >= 4 is 67.6 Å². The molecule has 0 radical (unpaired) electrons. The van der Waals surface area contributed by atoms with Gasteiger partial charge in [0, 0.05) is 33.6 Å². The predicted octanol–water partition coefficient (Wildman–Crippen LogP) is 5.35. The Bertz CT molecular complexity index is 1510. The number of hydrogen-bond acceptors (Lipinski definition) is 6. The number of anilines is 1. The number of carbonyl (C=O) groups excluding carboxylic acids is 1. The van der Waals surface area contributed by atoms with Gasteiger partial charge in [0.1, 0.15) is 5.01 Å². The summed E-state index contributed by atoms with van der Waals surface area (Å²) < 4.78 is 1.78. The van der Waals surface area contributed by atoms with Crippen molar-refractivity contribution in [3.63, 3.8) is 0 Å². The summed E-state index contributed by atoms with van der Waals surface area (Å²) in [7, 11) is 0. The van der Waals surface area contributed by atoms with Crippen molar-refractivity contribution < 1.29 is 4.79 Å². The summed E-state index contributed by atoms with van der Waals surface area (Å²) in [4.78, 5) is 13.6. The van der Waals surface area contributed by atoms with Gasteiger partial charge in [-0.3, -0.25) is 10.1 Å². The van der Waals surface area contributed by atoms with Crippen LogP contribution in [-0.4, -0.2) is 30.8 Å². The molecule has 0 atom stereocenters. The van der Waals surface area contributed by atoms with Crippen LogP contribution in [0, 0.1) is 0 Å². The molecule has 5 rings (SSSR count). The molecule has 0 fully saturated rings. The molecular weight excluding hydrogens is 476 g/mol. The highest BCUT2D eigenvalue weighted by Gasteiger charge is 2.14. The monoisotopic (exact) mass is 492 g/mol. The van der Waals surface area contributed by atoms with Crippen molar-refractivity contribution in [1.29, 1.82) is 0 Å². The maximum absolute atomic E-state index is 12.8. The van der Waals surface area contributed by atoms with Crippen LogP contribution in [0.4, 0.5) is 5.69 Å². The third kappa shape index (κ3) is 4.18. The highest BCUT2D eigenvalue weighted by atomic mass is 35.5. The third-order valence-corrected chi connectivity index (χ3v) is 6.58. The van der Waals surface area contributed by atoms with Gasteiger partial charge in [-0.2, -0.15) is 9.61 Å². The largest absolute Gasteiger partial charge is 0.332 e. The summed E-state index contributed by atoms with van der Waals surface area (Å²) in [6, 6.07) is 18.6. The molecule has 2 N–H and O–H groups in total. The van der Waals surface area contributed by atoms with E-state index in [4.69, 9.17) is 23.8 Å². The first kappa shape index (κ1) is 21.4. The fraction of sp³-hybridized carbons (Fsp3) is 0.0870. The van der Waals surface area contributed by atoms with Gasteiger partial charge in [-0.1, -0.05) is 54.1 Å². The number of halogens is 1. The highest BCUT2D eigenvalue weighted by molar-refractivity contribution is 7.80. The minimum absolute atomic E-state index is 0.207. The second kappa shape index (κ2) is 8.86. The summed E-state index contributed by atoms with van der Waals surface area (Å²) in [6.07, 6.45) is 0.766. The topological polar surface area (TPSA) is 84.2 Å². The van der Waals surface area contributed by atoms with E-state index in [-0.39, 0.29) is 11.0 Å². The van der Waals surface area contributed by atoms with Crippen molar-refractivity contribution in [3.05, 3.63) is 77.1 Å². The zero-order valence-corrected chi connectivity index (χ0v) is 19.8. The number of carbonyl (C=O) groups is 1. The number of thiocarbonyl (C=S) groups is 1. The molecule has 0 aliphatic rings. The lowest BCUT2D eigenvalue weighted by Crippen LogP contribution is -2.34. The van der Waals surface area contributed by atoms with Crippen molar-refractivity contribution in [2.45, 2.75) is 13.3 Å². The van der Waals surface area contributed by atoms with Gasteiger partial charge in [0.15, 0.2) is 10.9 Å². The number of aromatic nitrogens is 4. The van der Waals surface area contributed by atoms with Gasteiger partial charge >= 0.3 is 0 Å². The number of rotatable bonds is 4. The minimum atomic E-state index is -0.302. The Kier molecular flexibility index (Phi) is 5.76. The Labute approximate surface area is 203 Å². The van der Waals surface area contributed by atoms with Crippen LogP contribution < -0.4 is 10.6 Å². The molecule has 0 aliphatic heterocycles. The van der Waals surface area contributed by atoms with Crippen LogP contribution in [0.15, 0.2) is 60.7 Å². The van der Waals surface area contributed by atoms with Gasteiger partial charge in [-0.25, -0.2) is 0 Å². The smallest absolute Gasteiger partial charge is 0.258 e. The number of benzene rings is 3. The van der Waals surface area contributed by atoms with Gasteiger partial charge in [-0.05, 0) is 54.0 Å². The molecule has 0 saturated carbocycles. The number of nitrogens with one attached hydrogen (secondary N) is 2. The molecule has 0 bridgehead atoms. The average molecular weight is 493 g/mol. The van der Waals surface area contributed by atoms with Crippen molar-refractivity contribution in [2.75, 3.05) is 5.32 Å². The van der Waals surface area contributed by atoms with Crippen LogP contribution in [0.3, 0.4) is 0 Å². The lowest BCUT2D eigenvalue weighted by atomic mass is 10.0. The molecule has 0 spiro atoms. The van der Waals surface area contributed by atoms with Gasteiger partial charge in [0.05, 0.1) is 0 Å². The summed E-state index contributed by atoms with van der Waals surface area (Å²) >= 11 is 13.1. The van der Waals surface area contributed by atoms with E-state index in [0.29, 0.717) is 10.6 Å². The van der Waals surface area contributed by atoms with Crippen LogP contribution in [0.5, 0.6) is 0 Å². The number of hydrogen-bond donors (Lipinski definition) is 2. The fourth-order valence-corrected chi connectivity index (χ4v) is 4.80. The SMILES string of the molecule is CCc1nnc2sc(-c3ccc(NC(=S)NC(=O)c4cccc5c(Cl)cccc45)cc3)nn12. The fourth-order valence-electron chi connectivity index (χ4n) is 3.49. The molecule has 164 valence electrons. The van der Waals surface area contributed by atoms with Crippen molar-refractivity contribution in [1.82, 2.24) is 25.1 Å². The van der Waals surface area contributed by atoms with Gasteiger partial charge in [0.25, 0.3) is 5.91 Å². The molecule has 3 aromatic carbocycles. The van der Waals surface area contributed by atoms with E-state index in [9.17, 15) is 4.79 Å². The molecular formula is C23H17ClN6OS2. The first-order chi connectivity index (χ1) is 16.0. The Morgan fingerprint density at radius 3 is 2.61 bits per heavy atom. The number of fused-ring (bicyclic) bond motifs is 2. The number of amides is 1. The summed E-state index contributed by atoms with van der Waals surface area (Å²) in [5.74, 6) is 0.531. The maximum Gasteiger partial charge on any atom is 0.258 e.